The first-order valence-electron chi connectivity index (χ1n) is 6.67. The van der Waals surface area contributed by atoms with E-state index >= 15 is 0 Å². The Bertz CT molecular complexity index is 419. The number of hydrogen-bond donors (Lipinski definition) is 1. The predicted octanol–water partition coefficient (Wildman–Crippen LogP) is 4.03. The van der Waals surface area contributed by atoms with Crippen molar-refractivity contribution in [3.8, 4) is 11.5 Å². The highest BCUT2D eigenvalue weighted by atomic mass is 35.5. The number of nitrogens with one attached hydrogen (secondary N) is 1. The van der Waals surface area contributed by atoms with E-state index in [4.69, 9.17) is 21.1 Å². The SMILES string of the molecule is CCOc1cc(CNC(C)(C)CC)c(Cl)cc1OC. The summed E-state index contributed by atoms with van der Waals surface area (Å²) in [7, 11) is 1.62. The second kappa shape index (κ2) is 7.01. The molecule has 0 saturated carbocycles. The number of benzene rings is 1. The summed E-state index contributed by atoms with van der Waals surface area (Å²) in [5.74, 6) is 1.41. The summed E-state index contributed by atoms with van der Waals surface area (Å²) in [4.78, 5) is 0. The van der Waals surface area contributed by atoms with Gasteiger partial charge in [-0.05, 0) is 38.8 Å². The van der Waals surface area contributed by atoms with Gasteiger partial charge in [0.2, 0.25) is 0 Å². The standard InChI is InChI=1S/C15H24ClNO2/c1-6-15(3,4)17-10-11-8-14(19-7-2)13(18-5)9-12(11)16/h8-9,17H,6-7,10H2,1-5H3. The van der Waals surface area contributed by atoms with Crippen molar-refractivity contribution in [1.82, 2.24) is 5.32 Å². The molecule has 0 unspecified atom stereocenters. The minimum atomic E-state index is 0.0923. The monoisotopic (exact) mass is 285 g/mol. The van der Waals surface area contributed by atoms with Crippen LogP contribution in [-0.4, -0.2) is 19.3 Å². The molecule has 0 spiro atoms. The average Bonchev–Trinajstić information content (AvgIpc) is 2.39. The Morgan fingerprint density at radius 3 is 2.42 bits per heavy atom. The Morgan fingerprint density at radius 2 is 1.89 bits per heavy atom. The van der Waals surface area contributed by atoms with Crippen LogP contribution in [0.25, 0.3) is 0 Å². The van der Waals surface area contributed by atoms with Crippen molar-refractivity contribution < 1.29 is 9.47 Å². The van der Waals surface area contributed by atoms with Crippen LogP contribution in [0.3, 0.4) is 0 Å². The molecule has 0 aliphatic rings. The lowest BCUT2D eigenvalue weighted by atomic mass is 10.0. The van der Waals surface area contributed by atoms with Crippen LogP contribution in [0.1, 0.15) is 39.7 Å². The first-order valence-corrected chi connectivity index (χ1v) is 7.05. The third-order valence-corrected chi connectivity index (χ3v) is 3.63. The van der Waals surface area contributed by atoms with Crippen molar-refractivity contribution in [3.63, 3.8) is 0 Å². The summed E-state index contributed by atoms with van der Waals surface area (Å²) >= 11 is 6.28. The summed E-state index contributed by atoms with van der Waals surface area (Å²) in [6.45, 7) is 9.78. The fourth-order valence-electron chi connectivity index (χ4n) is 1.60. The van der Waals surface area contributed by atoms with Crippen molar-refractivity contribution >= 4 is 11.6 Å². The molecule has 1 N–H and O–H groups in total. The van der Waals surface area contributed by atoms with Gasteiger partial charge in [-0.15, -0.1) is 0 Å². The summed E-state index contributed by atoms with van der Waals surface area (Å²) in [6.07, 6.45) is 1.05. The Balaban J connectivity index is 2.92. The second-order valence-corrected chi connectivity index (χ2v) is 5.53. The molecule has 19 heavy (non-hydrogen) atoms. The number of hydrogen-bond acceptors (Lipinski definition) is 3. The molecular weight excluding hydrogens is 262 g/mol. The van der Waals surface area contributed by atoms with Gasteiger partial charge >= 0.3 is 0 Å². The lowest BCUT2D eigenvalue weighted by molar-refractivity contribution is 0.310. The Labute approximate surface area is 121 Å². The van der Waals surface area contributed by atoms with Gasteiger partial charge in [0.15, 0.2) is 11.5 Å². The molecule has 0 atom stereocenters. The maximum atomic E-state index is 6.28. The van der Waals surface area contributed by atoms with Crippen LogP contribution in [0.15, 0.2) is 12.1 Å². The summed E-state index contributed by atoms with van der Waals surface area (Å²) in [5, 5.41) is 4.19. The van der Waals surface area contributed by atoms with Crippen molar-refractivity contribution in [3.05, 3.63) is 22.7 Å². The molecule has 4 heteroatoms. The average molecular weight is 286 g/mol. The van der Waals surface area contributed by atoms with E-state index in [0.29, 0.717) is 23.9 Å². The minimum absolute atomic E-state index is 0.0923. The van der Waals surface area contributed by atoms with E-state index in [9.17, 15) is 0 Å². The number of methoxy groups -OCH3 is 1. The van der Waals surface area contributed by atoms with Crippen LogP contribution < -0.4 is 14.8 Å². The van der Waals surface area contributed by atoms with E-state index in [1.807, 2.05) is 19.1 Å². The summed E-state index contributed by atoms with van der Waals surface area (Å²) in [6, 6.07) is 3.76. The molecule has 1 aromatic rings. The largest absolute Gasteiger partial charge is 0.493 e. The second-order valence-electron chi connectivity index (χ2n) is 5.12. The van der Waals surface area contributed by atoms with Crippen molar-refractivity contribution in [1.29, 1.82) is 0 Å². The van der Waals surface area contributed by atoms with Crippen LogP contribution in [-0.2, 0) is 6.54 Å². The molecule has 3 nitrogen and oxygen atoms in total. The van der Waals surface area contributed by atoms with Gasteiger partial charge in [-0.25, -0.2) is 0 Å². The fourth-order valence-corrected chi connectivity index (χ4v) is 1.82. The predicted molar refractivity (Wildman–Crippen MR) is 80.4 cm³/mol. The highest BCUT2D eigenvalue weighted by molar-refractivity contribution is 6.31. The number of rotatable bonds is 7. The van der Waals surface area contributed by atoms with Crippen molar-refractivity contribution in [2.45, 2.75) is 46.2 Å². The quantitative estimate of drug-likeness (QED) is 0.820. The molecule has 0 saturated heterocycles. The van der Waals surface area contributed by atoms with Gasteiger partial charge in [-0.3, -0.25) is 0 Å². The summed E-state index contributed by atoms with van der Waals surface area (Å²) in [5.41, 5.74) is 1.11. The van der Waals surface area contributed by atoms with Gasteiger partial charge in [0.05, 0.1) is 13.7 Å². The van der Waals surface area contributed by atoms with Gasteiger partial charge in [0, 0.05) is 23.2 Å². The van der Waals surface area contributed by atoms with Crippen LogP contribution in [0.5, 0.6) is 11.5 Å². The Kier molecular flexibility index (Phi) is 5.95. The molecule has 0 fully saturated rings. The molecule has 108 valence electrons. The smallest absolute Gasteiger partial charge is 0.162 e. The Hall–Kier alpha value is -0.930. The molecule has 0 aromatic heterocycles. The van der Waals surface area contributed by atoms with Crippen LogP contribution in [0.4, 0.5) is 0 Å². The van der Waals surface area contributed by atoms with Gasteiger partial charge in [-0.2, -0.15) is 0 Å². The van der Waals surface area contributed by atoms with E-state index in [0.717, 1.165) is 17.7 Å². The molecule has 0 bridgehead atoms. The highest BCUT2D eigenvalue weighted by Gasteiger charge is 2.16. The first kappa shape index (κ1) is 16.1. The van der Waals surface area contributed by atoms with E-state index in [-0.39, 0.29) is 5.54 Å². The van der Waals surface area contributed by atoms with E-state index in [2.05, 4.69) is 26.1 Å². The van der Waals surface area contributed by atoms with Gasteiger partial charge < -0.3 is 14.8 Å². The van der Waals surface area contributed by atoms with Gasteiger partial charge in [0.1, 0.15) is 0 Å². The minimum Gasteiger partial charge on any atom is -0.493 e. The van der Waals surface area contributed by atoms with Crippen LogP contribution in [0, 0.1) is 0 Å². The zero-order valence-corrected chi connectivity index (χ0v) is 13.2. The zero-order valence-electron chi connectivity index (χ0n) is 12.5. The third kappa shape index (κ3) is 4.59. The molecule has 0 heterocycles. The third-order valence-electron chi connectivity index (χ3n) is 3.27. The van der Waals surface area contributed by atoms with Crippen LogP contribution >= 0.6 is 11.6 Å². The molecule has 0 aliphatic carbocycles. The lowest BCUT2D eigenvalue weighted by Gasteiger charge is -2.25. The van der Waals surface area contributed by atoms with Crippen LogP contribution in [0.2, 0.25) is 5.02 Å². The molecule has 1 aromatic carbocycles. The van der Waals surface area contributed by atoms with Crippen molar-refractivity contribution in [2.75, 3.05) is 13.7 Å². The fraction of sp³-hybridized carbons (Fsp3) is 0.600. The molecule has 0 radical (unpaired) electrons. The van der Waals surface area contributed by atoms with E-state index < -0.39 is 0 Å². The first-order chi connectivity index (χ1) is 8.93. The highest BCUT2D eigenvalue weighted by Crippen LogP contribution is 2.33. The summed E-state index contributed by atoms with van der Waals surface area (Å²) < 4.78 is 10.8. The molecular formula is C15H24ClNO2. The van der Waals surface area contributed by atoms with E-state index in [1.165, 1.54) is 0 Å². The maximum Gasteiger partial charge on any atom is 0.162 e. The topological polar surface area (TPSA) is 30.5 Å². The van der Waals surface area contributed by atoms with Crippen molar-refractivity contribution in [2.24, 2.45) is 0 Å². The lowest BCUT2D eigenvalue weighted by Crippen LogP contribution is -2.37. The Morgan fingerprint density at radius 1 is 1.21 bits per heavy atom. The van der Waals surface area contributed by atoms with Gasteiger partial charge in [0.25, 0.3) is 0 Å². The number of ether oxygens (including phenoxy) is 2. The molecule has 0 amide bonds. The molecule has 0 aliphatic heterocycles. The molecule has 1 rings (SSSR count). The van der Waals surface area contributed by atoms with Gasteiger partial charge in [-0.1, -0.05) is 18.5 Å². The maximum absolute atomic E-state index is 6.28. The van der Waals surface area contributed by atoms with E-state index in [1.54, 1.807) is 7.11 Å². The zero-order chi connectivity index (χ0) is 14.5. The normalized spacial score (nSPS) is 11.5. The number of halogens is 1.